The van der Waals surface area contributed by atoms with Crippen LogP contribution in [0.2, 0.25) is 0 Å². The van der Waals surface area contributed by atoms with Crippen LogP contribution in [0.25, 0.3) is 0 Å². The Labute approximate surface area is 179 Å². The Balaban J connectivity index is 2.10. The highest BCUT2D eigenvalue weighted by molar-refractivity contribution is 5.87. The van der Waals surface area contributed by atoms with E-state index >= 15 is 0 Å². The van der Waals surface area contributed by atoms with E-state index in [2.05, 4.69) is 26.1 Å². The molecule has 0 aliphatic heterocycles. The molecule has 0 aromatic heterocycles. The maximum atomic E-state index is 12.9. The first-order chi connectivity index (χ1) is 14.2. The minimum atomic E-state index is -0.628. The molecule has 2 amide bonds. The number of ether oxygens (including phenoxy) is 2. The van der Waals surface area contributed by atoms with Crippen molar-refractivity contribution in [3.05, 3.63) is 59.7 Å². The molecule has 6 nitrogen and oxygen atoms in total. The number of carbonyl (C=O) groups is 2. The van der Waals surface area contributed by atoms with Crippen molar-refractivity contribution in [3.63, 3.8) is 0 Å². The number of hydrogen-bond acceptors (Lipinski definition) is 4. The normalized spacial score (nSPS) is 12.1. The Hall–Kier alpha value is -3.02. The summed E-state index contributed by atoms with van der Waals surface area (Å²) in [6, 6.07) is 14.5. The average Bonchev–Trinajstić information content (AvgIpc) is 2.74. The van der Waals surface area contributed by atoms with Crippen molar-refractivity contribution < 1.29 is 19.1 Å². The zero-order valence-electron chi connectivity index (χ0n) is 18.7. The lowest BCUT2D eigenvalue weighted by atomic mass is 9.87. The van der Waals surface area contributed by atoms with Gasteiger partial charge in [0.05, 0.1) is 7.11 Å². The van der Waals surface area contributed by atoms with Crippen LogP contribution < -0.4 is 14.8 Å². The molecule has 1 N–H and O–H groups in total. The van der Waals surface area contributed by atoms with E-state index in [1.807, 2.05) is 48.5 Å². The van der Waals surface area contributed by atoms with Crippen molar-refractivity contribution in [2.45, 2.75) is 45.7 Å². The van der Waals surface area contributed by atoms with Crippen LogP contribution >= 0.6 is 0 Å². The van der Waals surface area contributed by atoms with Crippen molar-refractivity contribution in [2.24, 2.45) is 0 Å². The molecule has 2 aromatic carbocycles. The van der Waals surface area contributed by atoms with Crippen LogP contribution in [0.1, 0.15) is 38.8 Å². The summed E-state index contributed by atoms with van der Waals surface area (Å²) in [5.74, 6) is 0.861. The van der Waals surface area contributed by atoms with Gasteiger partial charge in [0.25, 0.3) is 5.91 Å². The number of hydrogen-bond donors (Lipinski definition) is 1. The van der Waals surface area contributed by atoms with Crippen LogP contribution in [0.5, 0.6) is 11.5 Å². The molecule has 0 aliphatic carbocycles. The van der Waals surface area contributed by atoms with Crippen molar-refractivity contribution in [1.82, 2.24) is 10.2 Å². The van der Waals surface area contributed by atoms with Crippen molar-refractivity contribution >= 4 is 11.8 Å². The van der Waals surface area contributed by atoms with Crippen molar-refractivity contribution in [2.75, 3.05) is 20.8 Å². The van der Waals surface area contributed by atoms with Gasteiger partial charge in [0.2, 0.25) is 5.91 Å². The fraction of sp³-hybridized carbons (Fsp3) is 0.417. The molecule has 0 spiro atoms. The van der Waals surface area contributed by atoms with Crippen LogP contribution in [0.4, 0.5) is 0 Å². The molecule has 0 aliphatic rings. The highest BCUT2D eigenvalue weighted by Gasteiger charge is 2.26. The lowest BCUT2D eigenvalue weighted by Crippen LogP contribution is -2.48. The van der Waals surface area contributed by atoms with Gasteiger partial charge in [-0.2, -0.15) is 0 Å². The number of amides is 2. The maximum Gasteiger partial charge on any atom is 0.261 e. The largest absolute Gasteiger partial charge is 0.497 e. The van der Waals surface area contributed by atoms with Crippen LogP contribution in [-0.4, -0.2) is 43.5 Å². The summed E-state index contributed by atoms with van der Waals surface area (Å²) in [7, 11) is 3.16. The molecule has 0 heterocycles. The molecule has 0 saturated heterocycles. The third kappa shape index (κ3) is 6.24. The number of methoxy groups -OCH3 is 1. The summed E-state index contributed by atoms with van der Waals surface area (Å²) in [4.78, 5) is 26.6. The van der Waals surface area contributed by atoms with Gasteiger partial charge >= 0.3 is 0 Å². The summed E-state index contributed by atoms with van der Waals surface area (Å²) >= 11 is 0. The van der Waals surface area contributed by atoms with Gasteiger partial charge in [-0.05, 0) is 47.7 Å². The lowest BCUT2D eigenvalue weighted by Gasteiger charge is -2.28. The second kappa shape index (κ2) is 10.1. The van der Waals surface area contributed by atoms with Gasteiger partial charge in [0, 0.05) is 13.6 Å². The van der Waals surface area contributed by atoms with Crippen LogP contribution in [0.15, 0.2) is 48.5 Å². The SMILES string of the molecule is CNC(=O)C(C)N(Cc1ccc(OC)cc1)C(=O)COc1ccc(C(C)(C)C)cc1. The quantitative estimate of drug-likeness (QED) is 0.720. The molecule has 1 unspecified atom stereocenters. The molecule has 0 saturated carbocycles. The monoisotopic (exact) mass is 412 g/mol. The Morgan fingerprint density at radius 1 is 1.00 bits per heavy atom. The second-order valence-corrected chi connectivity index (χ2v) is 8.22. The Morgan fingerprint density at radius 2 is 1.57 bits per heavy atom. The number of carbonyl (C=O) groups excluding carboxylic acids is 2. The molecule has 0 fully saturated rings. The predicted molar refractivity (Wildman–Crippen MR) is 118 cm³/mol. The van der Waals surface area contributed by atoms with Crippen LogP contribution in [-0.2, 0) is 21.5 Å². The standard InChI is InChI=1S/C24H32N2O4/c1-17(23(28)25-5)26(15-18-7-11-20(29-6)12-8-18)22(27)16-30-21-13-9-19(10-14-21)24(2,3)4/h7-14,17H,15-16H2,1-6H3,(H,25,28). The minimum Gasteiger partial charge on any atom is -0.497 e. The van der Waals surface area contributed by atoms with E-state index in [1.54, 1.807) is 21.1 Å². The predicted octanol–water partition coefficient (Wildman–Crippen LogP) is 3.53. The van der Waals surface area contributed by atoms with E-state index in [0.717, 1.165) is 11.3 Å². The molecule has 162 valence electrons. The smallest absolute Gasteiger partial charge is 0.261 e. The fourth-order valence-corrected chi connectivity index (χ4v) is 3.00. The van der Waals surface area contributed by atoms with E-state index in [1.165, 1.54) is 10.5 Å². The van der Waals surface area contributed by atoms with Gasteiger partial charge in [0.1, 0.15) is 17.5 Å². The molecule has 6 heteroatoms. The van der Waals surface area contributed by atoms with Gasteiger partial charge in [-0.1, -0.05) is 45.0 Å². The van der Waals surface area contributed by atoms with Crippen molar-refractivity contribution in [1.29, 1.82) is 0 Å². The average molecular weight is 413 g/mol. The Morgan fingerprint density at radius 3 is 2.07 bits per heavy atom. The molecule has 2 rings (SSSR count). The van der Waals surface area contributed by atoms with E-state index in [9.17, 15) is 9.59 Å². The molecule has 1 atom stereocenters. The maximum absolute atomic E-state index is 12.9. The molecule has 0 radical (unpaired) electrons. The number of rotatable bonds is 8. The van der Waals surface area contributed by atoms with Gasteiger partial charge in [-0.25, -0.2) is 0 Å². The first-order valence-corrected chi connectivity index (χ1v) is 10.0. The zero-order valence-corrected chi connectivity index (χ0v) is 18.7. The minimum absolute atomic E-state index is 0.0481. The molecular weight excluding hydrogens is 380 g/mol. The first kappa shape index (κ1) is 23.3. The van der Waals surface area contributed by atoms with E-state index in [4.69, 9.17) is 9.47 Å². The molecule has 2 aromatic rings. The second-order valence-electron chi connectivity index (χ2n) is 8.22. The van der Waals surface area contributed by atoms with Crippen LogP contribution in [0.3, 0.4) is 0 Å². The van der Waals surface area contributed by atoms with Gasteiger partial charge in [0.15, 0.2) is 6.61 Å². The summed E-state index contributed by atoms with van der Waals surface area (Å²) in [5, 5.41) is 2.60. The zero-order chi connectivity index (χ0) is 22.3. The number of likely N-dealkylation sites (N-methyl/N-ethyl adjacent to an activating group) is 1. The van der Waals surface area contributed by atoms with Gasteiger partial charge < -0.3 is 19.7 Å². The Bertz CT molecular complexity index is 839. The highest BCUT2D eigenvalue weighted by Crippen LogP contribution is 2.24. The van der Waals surface area contributed by atoms with Crippen LogP contribution in [0, 0.1) is 0 Å². The van der Waals surface area contributed by atoms with E-state index in [0.29, 0.717) is 12.3 Å². The highest BCUT2D eigenvalue weighted by atomic mass is 16.5. The number of nitrogens with zero attached hydrogens (tertiary/aromatic N) is 1. The number of benzene rings is 2. The summed E-state index contributed by atoms with van der Waals surface area (Å²) in [6.45, 7) is 8.28. The summed E-state index contributed by atoms with van der Waals surface area (Å²) in [6.07, 6.45) is 0. The third-order valence-electron chi connectivity index (χ3n) is 5.01. The molecule has 30 heavy (non-hydrogen) atoms. The molecule has 0 bridgehead atoms. The topological polar surface area (TPSA) is 67.9 Å². The van der Waals surface area contributed by atoms with Gasteiger partial charge in [-0.15, -0.1) is 0 Å². The van der Waals surface area contributed by atoms with Crippen molar-refractivity contribution in [3.8, 4) is 11.5 Å². The van der Waals surface area contributed by atoms with Gasteiger partial charge in [-0.3, -0.25) is 9.59 Å². The van der Waals surface area contributed by atoms with E-state index in [-0.39, 0.29) is 23.8 Å². The Kier molecular flexibility index (Phi) is 7.86. The molecular formula is C24H32N2O4. The summed E-state index contributed by atoms with van der Waals surface area (Å²) < 4.78 is 10.9. The first-order valence-electron chi connectivity index (χ1n) is 10.0. The summed E-state index contributed by atoms with van der Waals surface area (Å²) in [5.41, 5.74) is 2.14. The lowest BCUT2D eigenvalue weighted by molar-refractivity contribution is -0.142. The van der Waals surface area contributed by atoms with E-state index < -0.39 is 6.04 Å². The fourth-order valence-electron chi connectivity index (χ4n) is 3.00. The third-order valence-corrected chi connectivity index (χ3v) is 5.01. The number of nitrogens with one attached hydrogen (secondary N) is 1.